The van der Waals surface area contributed by atoms with Crippen molar-refractivity contribution in [3.63, 3.8) is 0 Å². The molecule has 0 spiro atoms. The minimum Gasteiger partial charge on any atom is -0.392 e. The van der Waals surface area contributed by atoms with Gasteiger partial charge in [-0.2, -0.15) is 0 Å². The first-order valence-corrected chi connectivity index (χ1v) is 3.27. The molecule has 0 saturated heterocycles. The van der Waals surface area contributed by atoms with Crippen molar-refractivity contribution < 1.29 is 5.11 Å². The Balaban J connectivity index is 3.81. The normalized spacial score (nSPS) is 13.0. The van der Waals surface area contributed by atoms with E-state index in [9.17, 15) is 0 Å². The summed E-state index contributed by atoms with van der Waals surface area (Å²) in [7, 11) is 0. The van der Waals surface area contributed by atoms with Gasteiger partial charge in [0.2, 0.25) is 0 Å². The zero-order valence-corrected chi connectivity index (χ0v) is 6.09. The van der Waals surface area contributed by atoms with Gasteiger partial charge in [0.05, 0.1) is 6.61 Å². The van der Waals surface area contributed by atoms with E-state index < -0.39 is 0 Å². The van der Waals surface area contributed by atoms with Crippen LogP contribution in [0, 0.1) is 0 Å². The molecule has 0 fully saturated rings. The van der Waals surface area contributed by atoms with E-state index in [0.29, 0.717) is 0 Å². The molecule has 0 heterocycles. The fourth-order valence-corrected chi connectivity index (χ4v) is 0.662. The molecule has 0 aromatic heterocycles. The summed E-state index contributed by atoms with van der Waals surface area (Å²) < 4.78 is 0. The Labute approximate surface area is 56.7 Å². The van der Waals surface area contributed by atoms with Gasteiger partial charge in [-0.25, -0.2) is 0 Å². The van der Waals surface area contributed by atoms with Gasteiger partial charge < -0.3 is 5.11 Å². The Bertz CT molecular complexity index is 112. The third-order valence-electron chi connectivity index (χ3n) is 1.14. The lowest BCUT2D eigenvalue weighted by atomic mass is 10.2. The molecular formula is C8H14O. The first kappa shape index (κ1) is 8.44. The molecule has 0 saturated carbocycles. The fraction of sp³-hybridized carbons (Fsp3) is 0.500. The topological polar surface area (TPSA) is 20.2 Å². The molecule has 0 amide bonds. The average molecular weight is 126 g/mol. The smallest absolute Gasteiger partial charge is 0.0618 e. The summed E-state index contributed by atoms with van der Waals surface area (Å²) in [5, 5.41) is 8.48. The van der Waals surface area contributed by atoms with Crippen molar-refractivity contribution in [2.24, 2.45) is 0 Å². The van der Waals surface area contributed by atoms with Crippen LogP contribution in [0.3, 0.4) is 0 Å². The molecular weight excluding hydrogens is 112 g/mol. The SMILES string of the molecule is C/C=C\C(=C/CO)CC. The van der Waals surface area contributed by atoms with Crippen molar-refractivity contribution in [2.45, 2.75) is 20.3 Å². The van der Waals surface area contributed by atoms with Gasteiger partial charge in [0.1, 0.15) is 0 Å². The van der Waals surface area contributed by atoms with Crippen molar-refractivity contribution >= 4 is 0 Å². The van der Waals surface area contributed by atoms with Crippen LogP contribution in [0.15, 0.2) is 23.8 Å². The minimum absolute atomic E-state index is 0.146. The van der Waals surface area contributed by atoms with Crippen molar-refractivity contribution in [1.82, 2.24) is 0 Å². The second-order valence-corrected chi connectivity index (χ2v) is 1.82. The van der Waals surface area contributed by atoms with Gasteiger partial charge in [-0.05, 0) is 13.3 Å². The largest absolute Gasteiger partial charge is 0.392 e. The number of aliphatic hydroxyl groups excluding tert-OH is 1. The van der Waals surface area contributed by atoms with Crippen LogP contribution in [0.4, 0.5) is 0 Å². The van der Waals surface area contributed by atoms with Crippen LogP contribution in [-0.4, -0.2) is 11.7 Å². The van der Waals surface area contributed by atoms with Gasteiger partial charge in [-0.3, -0.25) is 0 Å². The summed E-state index contributed by atoms with van der Waals surface area (Å²) in [4.78, 5) is 0. The molecule has 0 atom stereocenters. The van der Waals surface area contributed by atoms with Gasteiger partial charge in [-0.1, -0.05) is 30.7 Å². The summed E-state index contributed by atoms with van der Waals surface area (Å²) in [6.07, 6.45) is 6.80. The maximum Gasteiger partial charge on any atom is 0.0618 e. The molecule has 0 aliphatic rings. The van der Waals surface area contributed by atoms with Gasteiger partial charge in [-0.15, -0.1) is 0 Å². The molecule has 52 valence electrons. The van der Waals surface area contributed by atoms with Crippen LogP contribution in [0.25, 0.3) is 0 Å². The molecule has 0 aliphatic heterocycles. The monoisotopic (exact) mass is 126 g/mol. The molecule has 1 heteroatoms. The van der Waals surface area contributed by atoms with Crippen molar-refractivity contribution in [2.75, 3.05) is 6.61 Å². The number of hydrogen-bond acceptors (Lipinski definition) is 1. The highest BCUT2D eigenvalue weighted by atomic mass is 16.2. The molecule has 1 nitrogen and oxygen atoms in total. The zero-order valence-electron chi connectivity index (χ0n) is 6.09. The van der Waals surface area contributed by atoms with E-state index >= 15 is 0 Å². The van der Waals surface area contributed by atoms with Gasteiger partial charge >= 0.3 is 0 Å². The number of rotatable bonds is 3. The Morgan fingerprint density at radius 2 is 2.22 bits per heavy atom. The number of allylic oxidation sites excluding steroid dienone is 3. The molecule has 0 radical (unpaired) electrons. The Hall–Kier alpha value is -0.560. The van der Waals surface area contributed by atoms with E-state index in [0.717, 1.165) is 6.42 Å². The van der Waals surface area contributed by atoms with Crippen molar-refractivity contribution in [3.8, 4) is 0 Å². The highest BCUT2D eigenvalue weighted by Crippen LogP contribution is 2.00. The summed E-state index contributed by atoms with van der Waals surface area (Å²) in [6.45, 7) is 4.19. The Kier molecular flexibility index (Phi) is 5.23. The number of hydrogen-bond donors (Lipinski definition) is 1. The van der Waals surface area contributed by atoms with Crippen LogP contribution in [0.2, 0.25) is 0 Å². The maximum absolute atomic E-state index is 8.48. The second-order valence-electron chi connectivity index (χ2n) is 1.82. The minimum atomic E-state index is 0.146. The summed E-state index contributed by atoms with van der Waals surface area (Å²) in [6, 6.07) is 0. The van der Waals surface area contributed by atoms with E-state index in [1.807, 2.05) is 25.2 Å². The van der Waals surface area contributed by atoms with Crippen LogP contribution in [-0.2, 0) is 0 Å². The maximum atomic E-state index is 8.48. The van der Waals surface area contributed by atoms with Gasteiger partial charge in [0, 0.05) is 0 Å². The van der Waals surface area contributed by atoms with E-state index in [4.69, 9.17) is 5.11 Å². The molecule has 0 unspecified atom stereocenters. The second kappa shape index (κ2) is 5.57. The zero-order chi connectivity index (χ0) is 7.11. The lowest BCUT2D eigenvalue weighted by molar-refractivity contribution is 0.342. The Morgan fingerprint density at radius 3 is 2.56 bits per heavy atom. The van der Waals surface area contributed by atoms with Crippen LogP contribution in [0.5, 0.6) is 0 Å². The standard InChI is InChI=1S/C8H14O/c1-3-5-8(4-2)6-7-9/h3,5-6,9H,4,7H2,1-2H3/b5-3-,8-6-. The molecule has 0 bridgehead atoms. The van der Waals surface area contributed by atoms with E-state index in [1.54, 1.807) is 0 Å². The Morgan fingerprint density at radius 1 is 1.56 bits per heavy atom. The third kappa shape index (κ3) is 3.98. The molecule has 0 aromatic rings. The summed E-state index contributed by atoms with van der Waals surface area (Å²) >= 11 is 0. The van der Waals surface area contributed by atoms with E-state index in [-0.39, 0.29) is 6.61 Å². The first-order valence-electron chi connectivity index (χ1n) is 3.27. The first-order chi connectivity index (χ1) is 4.35. The van der Waals surface area contributed by atoms with Crippen molar-refractivity contribution in [3.05, 3.63) is 23.8 Å². The molecule has 1 N–H and O–H groups in total. The highest BCUT2D eigenvalue weighted by Gasteiger charge is 1.82. The predicted octanol–water partition coefficient (Wildman–Crippen LogP) is 1.89. The highest BCUT2D eigenvalue weighted by molar-refractivity contribution is 5.17. The van der Waals surface area contributed by atoms with Crippen LogP contribution in [0.1, 0.15) is 20.3 Å². The van der Waals surface area contributed by atoms with E-state index in [2.05, 4.69) is 6.92 Å². The van der Waals surface area contributed by atoms with Gasteiger partial charge in [0.25, 0.3) is 0 Å². The quantitative estimate of drug-likeness (QED) is 0.572. The summed E-state index contributed by atoms with van der Waals surface area (Å²) in [5.74, 6) is 0. The third-order valence-corrected chi connectivity index (χ3v) is 1.14. The summed E-state index contributed by atoms with van der Waals surface area (Å²) in [5.41, 5.74) is 1.19. The number of aliphatic hydroxyl groups is 1. The van der Waals surface area contributed by atoms with Gasteiger partial charge in [0.15, 0.2) is 0 Å². The molecule has 0 aliphatic carbocycles. The molecule has 0 rings (SSSR count). The predicted molar refractivity (Wildman–Crippen MR) is 40.3 cm³/mol. The molecule has 9 heavy (non-hydrogen) atoms. The lowest BCUT2D eigenvalue weighted by Gasteiger charge is -1.92. The van der Waals surface area contributed by atoms with E-state index in [1.165, 1.54) is 5.57 Å². The van der Waals surface area contributed by atoms with Crippen LogP contribution >= 0.6 is 0 Å². The van der Waals surface area contributed by atoms with Crippen molar-refractivity contribution in [1.29, 1.82) is 0 Å². The lowest BCUT2D eigenvalue weighted by Crippen LogP contribution is -1.78. The average Bonchev–Trinajstić information content (AvgIpc) is 1.88. The molecule has 0 aromatic carbocycles. The fourth-order valence-electron chi connectivity index (χ4n) is 0.662. The van der Waals surface area contributed by atoms with Crippen LogP contribution < -0.4 is 0 Å².